The van der Waals surface area contributed by atoms with Gasteiger partial charge in [-0.1, -0.05) is 12.6 Å². The lowest BCUT2D eigenvalue weighted by molar-refractivity contribution is -0.116. The van der Waals surface area contributed by atoms with Gasteiger partial charge in [-0.3, -0.25) is 20.4 Å². The molecule has 0 unspecified atom stereocenters. The number of amides is 4. The third kappa shape index (κ3) is 812. The molecule has 0 aliphatic rings. The van der Waals surface area contributed by atoms with Crippen LogP contribution in [-0.2, 0) is 9.59 Å². The summed E-state index contributed by atoms with van der Waals surface area (Å²) < 4.78 is 0. The maximum atomic E-state index is 9.22. The largest absolute Gasteiger partial charge is 0.377 e. The van der Waals surface area contributed by atoms with Crippen LogP contribution in [0.25, 0.3) is 0 Å². The van der Waals surface area contributed by atoms with Gasteiger partial charge in [0, 0.05) is 6.92 Å². The first-order chi connectivity index (χ1) is 11.5. The number of rotatable bonds is 0. The number of carbonyl (C=O) groups excluding carboxylic acids is 3. The van der Waals surface area contributed by atoms with Crippen molar-refractivity contribution in [1.82, 2.24) is 0 Å². The van der Waals surface area contributed by atoms with Crippen LogP contribution in [0.1, 0.15) is 6.92 Å². The van der Waals surface area contributed by atoms with Gasteiger partial charge in [-0.2, -0.15) is 5.26 Å². The average Bonchev–Trinajstić information content (AvgIpc) is 2.25. The molecule has 0 fully saturated rings. The topological polar surface area (TPSA) is 383 Å². The van der Waals surface area contributed by atoms with Crippen LogP contribution in [-0.4, -0.2) is 35.4 Å². The number of thiocarbonyl (C=S) groups is 1. The van der Waals surface area contributed by atoms with Crippen molar-refractivity contribution in [2.24, 2.45) is 57.3 Å². The molecule has 0 saturated carbocycles. The zero-order valence-electron chi connectivity index (χ0n) is 14.3. The van der Waals surface area contributed by atoms with Crippen LogP contribution >= 0.6 is 37.3 Å². The van der Waals surface area contributed by atoms with Gasteiger partial charge in [0.2, 0.25) is 12.3 Å². The van der Waals surface area contributed by atoms with Crippen molar-refractivity contribution < 1.29 is 14.4 Å². The Morgan fingerprint density at radius 1 is 0.963 bits per heavy atom. The number of hydrogen-bond donors (Lipinski definition) is 13. The van der Waals surface area contributed by atoms with Crippen LogP contribution in [0, 0.1) is 21.5 Å². The first kappa shape index (κ1) is 49.5. The van der Waals surface area contributed by atoms with Gasteiger partial charge in [0.05, 0.1) is 0 Å². The Morgan fingerprint density at radius 3 is 0.963 bits per heavy atom. The molecular formula is C8H28ClN13O3S2. The van der Waals surface area contributed by atoms with E-state index in [9.17, 15) is 4.79 Å². The van der Waals surface area contributed by atoms with Gasteiger partial charge in [-0.25, -0.2) is 4.79 Å². The lowest BCUT2D eigenvalue weighted by Crippen LogP contribution is -2.20. The molecule has 0 heterocycles. The van der Waals surface area contributed by atoms with Crippen LogP contribution in [0.3, 0.4) is 0 Å². The Labute approximate surface area is 173 Å². The van der Waals surface area contributed by atoms with Gasteiger partial charge in [0.1, 0.15) is 5.40 Å². The highest BCUT2D eigenvalue weighted by molar-refractivity contribution is 7.85. The van der Waals surface area contributed by atoms with E-state index in [4.69, 9.17) is 25.7 Å². The van der Waals surface area contributed by atoms with E-state index in [2.05, 4.69) is 82.2 Å². The molecule has 0 atom stereocenters. The minimum Gasteiger partial charge on any atom is -0.377 e. The van der Waals surface area contributed by atoms with Crippen molar-refractivity contribution in [3.8, 4) is 5.40 Å². The summed E-state index contributed by atoms with van der Waals surface area (Å²) in [7, 11) is 0. The van der Waals surface area contributed by atoms with E-state index >= 15 is 0 Å². The van der Waals surface area contributed by atoms with E-state index in [0.717, 1.165) is 0 Å². The Kier molecular flexibility index (Phi) is 105. The summed E-state index contributed by atoms with van der Waals surface area (Å²) in [5, 5.41) is 20.7. The van der Waals surface area contributed by atoms with Crippen molar-refractivity contribution in [2.75, 3.05) is 0 Å². The Hall–Kier alpha value is -3.43. The maximum absolute atomic E-state index is 9.22. The van der Waals surface area contributed by atoms with Crippen molar-refractivity contribution in [3.63, 3.8) is 0 Å². The number of nitrogens with one attached hydrogen (secondary N) is 2. The Balaban J connectivity index is -0.0000000259. The number of nitrogens with two attached hydrogens (primary N) is 10. The zero-order chi connectivity index (χ0) is 23.3. The molecule has 0 aliphatic heterocycles. The fourth-order valence-electron chi connectivity index (χ4n) is 0. The SMILES string of the molecule is CC(N)=O.Cl.N#CS.N=C(N)N.N=C(N)N.NC(N)=O.NC(N)=S.NC=O. The quantitative estimate of drug-likeness (QED) is 0.0411. The van der Waals surface area contributed by atoms with E-state index in [0.29, 0.717) is 0 Å². The number of urea groups is 1. The van der Waals surface area contributed by atoms with E-state index < -0.39 is 6.03 Å². The molecule has 0 spiro atoms. The average molecular weight is 454 g/mol. The monoisotopic (exact) mass is 453 g/mol. The molecule has 0 saturated heterocycles. The number of hydrogen-bond acceptors (Lipinski definition) is 8. The number of guanidine groups is 2. The summed E-state index contributed by atoms with van der Waals surface area (Å²) in [6.07, 6.45) is 0.250. The number of halogens is 1. The van der Waals surface area contributed by atoms with Crippen molar-refractivity contribution in [3.05, 3.63) is 0 Å². The van der Waals surface area contributed by atoms with Crippen LogP contribution < -0.4 is 57.3 Å². The van der Waals surface area contributed by atoms with Crippen LogP contribution in [0.4, 0.5) is 4.79 Å². The van der Waals surface area contributed by atoms with E-state index in [1.165, 1.54) is 12.3 Å². The summed E-state index contributed by atoms with van der Waals surface area (Å²) >= 11 is 7.19. The first-order valence-corrected chi connectivity index (χ1v) is 6.08. The molecule has 0 aromatic carbocycles. The predicted octanol–water partition coefficient (Wildman–Crippen LogP) is -4.70. The molecule has 16 nitrogen and oxygen atoms in total. The third-order valence-electron chi connectivity index (χ3n) is 0. The molecule has 162 valence electrons. The van der Waals surface area contributed by atoms with Gasteiger partial charge in [-0.15, -0.1) is 12.4 Å². The number of nitriles is 1. The van der Waals surface area contributed by atoms with E-state index in [1.54, 1.807) is 0 Å². The lowest BCUT2D eigenvalue weighted by Gasteiger charge is -1.69. The van der Waals surface area contributed by atoms with Gasteiger partial charge in [0.25, 0.3) is 0 Å². The summed E-state index contributed by atoms with van der Waals surface area (Å²) in [4.78, 5) is 26.8. The van der Waals surface area contributed by atoms with Crippen molar-refractivity contribution in [2.45, 2.75) is 6.92 Å². The fraction of sp³-hybridized carbons (Fsp3) is 0.125. The van der Waals surface area contributed by atoms with Crippen molar-refractivity contribution >= 4 is 72.6 Å². The first-order valence-electron chi connectivity index (χ1n) is 5.23. The number of carbonyl (C=O) groups is 3. The molecule has 0 bridgehead atoms. The molecule has 0 rings (SSSR count). The highest BCUT2D eigenvalue weighted by Crippen LogP contribution is 1.46. The Bertz CT molecular complexity index is 341. The summed E-state index contributed by atoms with van der Waals surface area (Å²) in [5.41, 5.74) is 44.3. The van der Waals surface area contributed by atoms with E-state index in [1.807, 2.05) is 0 Å². The Morgan fingerprint density at radius 2 is 0.963 bits per heavy atom. The minimum atomic E-state index is -0.833. The third-order valence-corrected chi connectivity index (χ3v) is 0. The molecule has 0 aromatic rings. The highest BCUT2D eigenvalue weighted by Gasteiger charge is 1.61. The summed E-state index contributed by atoms with van der Waals surface area (Å²) in [5.74, 6) is -1.000. The smallest absolute Gasteiger partial charge is 0.309 e. The second kappa shape index (κ2) is 57.0. The highest BCUT2D eigenvalue weighted by atomic mass is 35.5. The summed E-state index contributed by atoms with van der Waals surface area (Å²) in [6.45, 7) is 1.31. The van der Waals surface area contributed by atoms with Gasteiger partial charge in [-0.05, 0) is 12.2 Å². The number of primary amides is 4. The van der Waals surface area contributed by atoms with Crippen LogP contribution in [0.2, 0.25) is 0 Å². The van der Waals surface area contributed by atoms with Crippen molar-refractivity contribution in [1.29, 1.82) is 16.1 Å². The standard InChI is InChI=1S/C2H5NO.2CH5N3.CH4N2O.CH4N2S.CH3NO.CHNS.ClH/c1-2(3)4;4*2-1(3)4;2*2-1-3;/h1H3,(H2,3,4);2*(H5,2,3,4);2*(H4,2,3,4);1H,(H2,2,3);3H;1H. The number of thiocyanates is 1. The molecule has 0 aliphatic carbocycles. The van der Waals surface area contributed by atoms with Crippen LogP contribution in [0.15, 0.2) is 0 Å². The molecule has 0 radical (unpaired) electrons. The van der Waals surface area contributed by atoms with Gasteiger partial charge >= 0.3 is 6.03 Å². The molecule has 22 N–H and O–H groups in total. The maximum Gasteiger partial charge on any atom is 0.309 e. The van der Waals surface area contributed by atoms with E-state index in [-0.39, 0.29) is 41.8 Å². The van der Waals surface area contributed by atoms with Gasteiger partial charge in [0.15, 0.2) is 17.0 Å². The lowest BCUT2D eigenvalue weighted by atomic mass is 10.8. The predicted molar refractivity (Wildman–Crippen MR) is 114 cm³/mol. The minimum absolute atomic E-state index is 0. The molecule has 27 heavy (non-hydrogen) atoms. The summed E-state index contributed by atoms with van der Waals surface area (Å²) in [6, 6.07) is -0.833. The normalized spacial score (nSPS) is 5.22. The second-order valence-corrected chi connectivity index (χ2v) is 3.23. The van der Waals surface area contributed by atoms with Gasteiger partial charge < -0.3 is 57.3 Å². The second-order valence-electron chi connectivity index (χ2n) is 2.56. The molecule has 4 amide bonds. The molecular weight excluding hydrogens is 426 g/mol. The molecule has 0 aromatic heterocycles. The number of nitrogens with zero attached hydrogens (tertiary/aromatic N) is 1. The van der Waals surface area contributed by atoms with Crippen LogP contribution in [0.5, 0.6) is 0 Å². The fourth-order valence-corrected chi connectivity index (χ4v) is 0. The molecule has 19 heteroatoms. The zero-order valence-corrected chi connectivity index (χ0v) is 16.8. The number of thiol groups is 1.